The molecule has 2 rings (SSSR count). The number of carbonyl (C=O) groups excluding carboxylic acids is 1. The number of benzene rings is 1. The molecule has 0 radical (unpaired) electrons. The Labute approximate surface area is 126 Å². The zero-order valence-electron chi connectivity index (χ0n) is 12.2. The van der Waals surface area contributed by atoms with Gasteiger partial charge in [-0.3, -0.25) is 9.69 Å². The van der Waals surface area contributed by atoms with Crippen molar-refractivity contribution in [3.63, 3.8) is 0 Å². The lowest BCUT2D eigenvalue weighted by atomic mass is 10.1. The number of hydrogen-bond acceptors (Lipinski definition) is 2. The van der Waals surface area contributed by atoms with Gasteiger partial charge in [-0.25, -0.2) is 4.39 Å². The molecule has 1 aromatic carbocycles. The Morgan fingerprint density at radius 3 is 2.77 bits per heavy atom. The average molecular weight is 318 g/mol. The number of aryl methyl sites for hydroxylation is 1. The van der Waals surface area contributed by atoms with Crippen LogP contribution < -0.4 is 5.32 Å². The van der Waals surface area contributed by atoms with Gasteiger partial charge in [0.05, 0.1) is 6.54 Å². The zero-order chi connectivity index (χ0) is 16.3. The van der Waals surface area contributed by atoms with Gasteiger partial charge >= 0.3 is 6.18 Å². The van der Waals surface area contributed by atoms with Crippen LogP contribution in [0.3, 0.4) is 0 Å². The molecule has 1 unspecified atom stereocenters. The van der Waals surface area contributed by atoms with Gasteiger partial charge in [0.2, 0.25) is 5.91 Å². The molecule has 1 heterocycles. The van der Waals surface area contributed by atoms with Crippen LogP contribution in [-0.4, -0.2) is 36.6 Å². The van der Waals surface area contributed by atoms with Crippen molar-refractivity contribution < 1.29 is 22.4 Å². The van der Waals surface area contributed by atoms with Crippen LogP contribution in [0.15, 0.2) is 18.2 Å². The first-order valence-electron chi connectivity index (χ1n) is 7.08. The summed E-state index contributed by atoms with van der Waals surface area (Å²) < 4.78 is 50.3. The number of nitrogens with one attached hydrogen (secondary N) is 1. The monoisotopic (exact) mass is 318 g/mol. The van der Waals surface area contributed by atoms with E-state index < -0.39 is 24.3 Å². The van der Waals surface area contributed by atoms with Crippen LogP contribution in [0.2, 0.25) is 0 Å². The lowest BCUT2D eigenvalue weighted by molar-refractivity contribution is -0.143. The van der Waals surface area contributed by atoms with Crippen LogP contribution in [0.1, 0.15) is 18.4 Å². The molecular formula is C15H18F4N2O. The summed E-state index contributed by atoms with van der Waals surface area (Å²) in [4.78, 5) is 13.5. The highest BCUT2D eigenvalue weighted by Gasteiger charge is 2.35. The smallest absolute Gasteiger partial charge is 0.325 e. The molecule has 1 atom stereocenters. The number of hydrogen-bond donors (Lipinski definition) is 1. The van der Waals surface area contributed by atoms with E-state index in [-0.39, 0.29) is 19.0 Å². The molecule has 0 aliphatic carbocycles. The zero-order valence-corrected chi connectivity index (χ0v) is 12.2. The van der Waals surface area contributed by atoms with Crippen molar-refractivity contribution in [2.75, 3.05) is 25.0 Å². The Bertz CT molecular complexity index is 545. The van der Waals surface area contributed by atoms with Crippen molar-refractivity contribution in [1.29, 1.82) is 0 Å². The molecule has 1 N–H and O–H groups in total. The third-order valence-corrected chi connectivity index (χ3v) is 3.71. The molecule has 0 aromatic heterocycles. The largest absolute Gasteiger partial charge is 0.389 e. The van der Waals surface area contributed by atoms with Crippen molar-refractivity contribution in [1.82, 2.24) is 4.90 Å². The predicted octanol–water partition coefficient (Wildman–Crippen LogP) is 3.35. The topological polar surface area (TPSA) is 32.3 Å². The number of nitrogens with zero attached hydrogens (tertiary/aromatic N) is 1. The van der Waals surface area contributed by atoms with E-state index in [1.807, 2.05) is 0 Å². The highest BCUT2D eigenvalue weighted by Crippen LogP contribution is 2.30. The van der Waals surface area contributed by atoms with E-state index in [0.29, 0.717) is 24.2 Å². The summed E-state index contributed by atoms with van der Waals surface area (Å²) >= 11 is 0. The van der Waals surface area contributed by atoms with Crippen molar-refractivity contribution in [2.45, 2.75) is 25.9 Å². The SMILES string of the molecule is Cc1ccc(NC(=O)CN2CCC(CC(F)(F)F)C2)cc1F. The van der Waals surface area contributed by atoms with E-state index in [4.69, 9.17) is 0 Å². The van der Waals surface area contributed by atoms with Gasteiger partial charge in [-0.15, -0.1) is 0 Å². The molecule has 1 fully saturated rings. The molecule has 3 nitrogen and oxygen atoms in total. The van der Waals surface area contributed by atoms with Crippen molar-refractivity contribution in [3.8, 4) is 0 Å². The van der Waals surface area contributed by atoms with Crippen molar-refractivity contribution in [2.24, 2.45) is 5.92 Å². The van der Waals surface area contributed by atoms with Crippen LogP contribution in [0.25, 0.3) is 0 Å². The van der Waals surface area contributed by atoms with Gasteiger partial charge in [-0.05, 0) is 43.5 Å². The second-order valence-corrected chi connectivity index (χ2v) is 5.72. The Morgan fingerprint density at radius 2 is 2.14 bits per heavy atom. The fraction of sp³-hybridized carbons (Fsp3) is 0.533. The highest BCUT2D eigenvalue weighted by molar-refractivity contribution is 5.92. The van der Waals surface area contributed by atoms with Gasteiger partial charge in [0.25, 0.3) is 0 Å². The molecule has 0 saturated carbocycles. The van der Waals surface area contributed by atoms with Gasteiger partial charge < -0.3 is 5.32 Å². The van der Waals surface area contributed by atoms with Crippen LogP contribution in [-0.2, 0) is 4.79 Å². The van der Waals surface area contributed by atoms with E-state index in [9.17, 15) is 22.4 Å². The van der Waals surface area contributed by atoms with Gasteiger partial charge in [-0.1, -0.05) is 6.07 Å². The second-order valence-electron chi connectivity index (χ2n) is 5.72. The normalized spacial score (nSPS) is 19.4. The molecule has 122 valence electrons. The van der Waals surface area contributed by atoms with Crippen LogP contribution in [0, 0.1) is 18.7 Å². The van der Waals surface area contributed by atoms with E-state index in [1.165, 1.54) is 6.07 Å². The number of alkyl halides is 3. The molecule has 1 aliphatic rings. The first-order valence-corrected chi connectivity index (χ1v) is 7.08. The molecule has 0 bridgehead atoms. The standard InChI is InChI=1S/C15H18F4N2O/c1-10-2-3-12(6-13(10)16)20-14(22)9-21-5-4-11(8-21)7-15(17,18)19/h2-3,6,11H,4-5,7-9H2,1H3,(H,20,22). The van der Waals surface area contributed by atoms with Crippen LogP contribution >= 0.6 is 0 Å². The summed E-state index contributed by atoms with van der Waals surface area (Å²) in [5, 5.41) is 2.56. The summed E-state index contributed by atoms with van der Waals surface area (Å²) in [5.41, 5.74) is 0.826. The summed E-state index contributed by atoms with van der Waals surface area (Å²) in [6.45, 7) is 2.36. The second kappa shape index (κ2) is 6.64. The van der Waals surface area contributed by atoms with E-state index in [2.05, 4.69) is 5.32 Å². The lowest BCUT2D eigenvalue weighted by Crippen LogP contribution is -2.32. The van der Waals surface area contributed by atoms with Gasteiger partial charge in [0.15, 0.2) is 0 Å². The highest BCUT2D eigenvalue weighted by atomic mass is 19.4. The number of likely N-dealkylation sites (tertiary alicyclic amines) is 1. The first kappa shape index (κ1) is 16.7. The van der Waals surface area contributed by atoms with Crippen LogP contribution in [0.4, 0.5) is 23.2 Å². The minimum Gasteiger partial charge on any atom is -0.325 e. The van der Waals surface area contributed by atoms with E-state index >= 15 is 0 Å². The number of anilines is 1. The van der Waals surface area contributed by atoms with Crippen LogP contribution in [0.5, 0.6) is 0 Å². The number of carbonyl (C=O) groups is 1. The van der Waals surface area contributed by atoms with Gasteiger partial charge in [0.1, 0.15) is 5.82 Å². The molecule has 7 heteroatoms. The predicted molar refractivity (Wildman–Crippen MR) is 75.0 cm³/mol. The summed E-state index contributed by atoms with van der Waals surface area (Å²) in [6.07, 6.45) is -4.54. The fourth-order valence-electron chi connectivity index (χ4n) is 2.62. The number of rotatable bonds is 4. The minimum absolute atomic E-state index is 0.0177. The quantitative estimate of drug-likeness (QED) is 0.864. The van der Waals surface area contributed by atoms with Gasteiger partial charge in [0, 0.05) is 18.7 Å². The Kier molecular flexibility index (Phi) is 5.05. The molecule has 1 saturated heterocycles. The first-order chi connectivity index (χ1) is 10.2. The maximum atomic E-state index is 13.4. The number of halogens is 4. The molecule has 1 aromatic rings. The van der Waals surface area contributed by atoms with E-state index in [0.717, 1.165) is 0 Å². The molecule has 1 amide bonds. The summed E-state index contributed by atoms with van der Waals surface area (Å²) in [5.74, 6) is -1.22. The molecule has 0 spiro atoms. The Hall–Kier alpha value is -1.63. The maximum Gasteiger partial charge on any atom is 0.389 e. The maximum absolute atomic E-state index is 13.4. The fourth-order valence-corrected chi connectivity index (χ4v) is 2.62. The molecular weight excluding hydrogens is 300 g/mol. The Balaban J connectivity index is 1.81. The average Bonchev–Trinajstić information content (AvgIpc) is 2.78. The van der Waals surface area contributed by atoms with Crippen molar-refractivity contribution in [3.05, 3.63) is 29.6 Å². The molecule has 1 aliphatic heterocycles. The molecule has 22 heavy (non-hydrogen) atoms. The van der Waals surface area contributed by atoms with E-state index in [1.54, 1.807) is 24.0 Å². The number of amides is 1. The minimum atomic E-state index is -4.16. The summed E-state index contributed by atoms with van der Waals surface area (Å²) in [7, 11) is 0. The Morgan fingerprint density at radius 1 is 1.41 bits per heavy atom. The third kappa shape index (κ3) is 4.98. The lowest BCUT2D eigenvalue weighted by Gasteiger charge is -2.16. The third-order valence-electron chi connectivity index (χ3n) is 3.71. The van der Waals surface area contributed by atoms with Crippen molar-refractivity contribution >= 4 is 11.6 Å². The summed E-state index contributed by atoms with van der Waals surface area (Å²) in [6, 6.07) is 4.37. The van der Waals surface area contributed by atoms with Gasteiger partial charge in [-0.2, -0.15) is 13.2 Å².